The van der Waals surface area contributed by atoms with Gasteiger partial charge in [0.15, 0.2) is 11.6 Å². The van der Waals surface area contributed by atoms with Gasteiger partial charge in [-0.1, -0.05) is 12.1 Å². The Morgan fingerprint density at radius 1 is 0.471 bits per heavy atom. The molecule has 2 aromatic rings. The van der Waals surface area contributed by atoms with E-state index >= 15 is 0 Å². The number of fused-ring (bicyclic) bond motifs is 2. The molecular weight excluding hydrogens is 1120 g/mol. The van der Waals surface area contributed by atoms with Gasteiger partial charge in [0.1, 0.15) is 30.9 Å². The minimum absolute atomic E-state index is 0.00413. The van der Waals surface area contributed by atoms with Gasteiger partial charge in [-0.15, -0.1) is 0 Å². The van der Waals surface area contributed by atoms with Crippen LogP contribution in [-0.4, -0.2) is 231 Å². The summed E-state index contributed by atoms with van der Waals surface area (Å²) in [5.74, 6) is -5.30. The van der Waals surface area contributed by atoms with Crippen LogP contribution in [0.2, 0.25) is 0 Å². The monoisotopic (exact) mass is 1200 g/mol. The highest BCUT2D eigenvalue weighted by molar-refractivity contribution is 6.24. The standard InChI is InChI=1S/C32H44N2O12.C26H35N3O10/c1-32(2,3)46-28(37)5-4-10-41-11-12-42-13-14-43-15-16-44-17-18-45-21-23(35)19-22-6-7-24-25(20-22)31(40)34(30(24)39)26-8-9-27(36)33-29(26)38;27-5-6-35-7-8-36-9-10-37-11-12-38-13-14-39-17-19(30)15-18-1-2-20-21(16-18)26(34)29(25(20)33)22-3-4-23(31)28-24(22)32/h6-7,20,26H,4-5,8-19,21H2,1-3H3,(H,33,36,38);1-2,16,22H,3-15,17,27H2,(H,28,31,32). The van der Waals surface area contributed by atoms with E-state index in [4.69, 9.17) is 57.8 Å². The number of ketones is 2. The summed E-state index contributed by atoms with van der Waals surface area (Å²) < 4.78 is 59.0. The van der Waals surface area contributed by atoms with Gasteiger partial charge in [0.2, 0.25) is 23.6 Å². The van der Waals surface area contributed by atoms with Gasteiger partial charge in [0.25, 0.3) is 23.6 Å². The maximum atomic E-state index is 12.9. The normalized spacial score (nSPS) is 16.8. The number of nitrogens with two attached hydrogens (primary N) is 1. The molecule has 8 amide bonds. The van der Waals surface area contributed by atoms with Crippen molar-refractivity contribution in [3.63, 3.8) is 0 Å². The fraction of sp³-hybridized carbons (Fsp3) is 0.603. The summed E-state index contributed by atoms with van der Waals surface area (Å²) in [6, 6.07) is 7.04. The van der Waals surface area contributed by atoms with Crippen LogP contribution in [-0.2, 0) is 98.5 Å². The van der Waals surface area contributed by atoms with E-state index in [0.29, 0.717) is 130 Å². The van der Waals surface area contributed by atoms with Gasteiger partial charge in [0.05, 0.1) is 135 Å². The summed E-state index contributed by atoms with van der Waals surface area (Å²) in [6.07, 6.45) is 1.17. The molecule has 468 valence electrons. The van der Waals surface area contributed by atoms with Crippen LogP contribution in [0.25, 0.3) is 0 Å². The second-order valence-corrected chi connectivity index (χ2v) is 20.6. The molecule has 2 unspecified atom stereocenters. The van der Waals surface area contributed by atoms with Crippen LogP contribution in [0.15, 0.2) is 36.4 Å². The van der Waals surface area contributed by atoms with Crippen molar-refractivity contribution < 1.29 is 105 Å². The van der Waals surface area contributed by atoms with Crippen molar-refractivity contribution in [1.82, 2.24) is 20.4 Å². The molecule has 2 fully saturated rings. The van der Waals surface area contributed by atoms with Crippen LogP contribution in [0.4, 0.5) is 0 Å². The number of carbonyl (C=O) groups excluding carboxylic acids is 11. The number of benzene rings is 2. The summed E-state index contributed by atoms with van der Waals surface area (Å²) in [5.41, 5.74) is 6.51. The molecule has 0 bridgehead atoms. The Hall–Kier alpha value is -6.63. The number of ether oxygens (including phenoxy) is 11. The molecular formula is C58H79N5O22. The van der Waals surface area contributed by atoms with Crippen LogP contribution in [0.1, 0.15) is 112 Å². The molecule has 0 radical (unpaired) electrons. The molecule has 6 rings (SSSR count). The van der Waals surface area contributed by atoms with Crippen molar-refractivity contribution in [3.8, 4) is 0 Å². The number of nitrogens with one attached hydrogen (secondary N) is 2. The quantitative estimate of drug-likeness (QED) is 0.0468. The number of hydrogen-bond acceptors (Lipinski definition) is 23. The zero-order chi connectivity index (χ0) is 61.6. The molecule has 27 heteroatoms. The second kappa shape index (κ2) is 37.0. The first-order chi connectivity index (χ1) is 40.9. The number of carbonyl (C=O) groups is 11. The molecule has 0 spiro atoms. The molecule has 27 nitrogen and oxygen atoms in total. The zero-order valence-corrected chi connectivity index (χ0v) is 48.6. The Morgan fingerprint density at radius 2 is 0.800 bits per heavy atom. The average Bonchev–Trinajstić information content (AvgIpc) is 1.88. The fourth-order valence-electron chi connectivity index (χ4n) is 8.74. The minimum atomic E-state index is -1.04. The highest BCUT2D eigenvalue weighted by Gasteiger charge is 2.46. The molecule has 4 N–H and O–H groups in total. The summed E-state index contributed by atoms with van der Waals surface area (Å²) >= 11 is 0. The molecule has 0 aromatic heterocycles. The third-order valence-corrected chi connectivity index (χ3v) is 12.7. The number of hydrogen-bond donors (Lipinski definition) is 3. The topological polar surface area (TPSA) is 346 Å². The van der Waals surface area contributed by atoms with Crippen molar-refractivity contribution in [2.24, 2.45) is 5.73 Å². The van der Waals surface area contributed by atoms with Crippen LogP contribution in [0.5, 0.6) is 0 Å². The van der Waals surface area contributed by atoms with E-state index in [1.54, 1.807) is 12.1 Å². The lowest BCUT2D eigenvalue weighted by atomic mass is 10.0. The third-order valence-electron chi connectivity index (χ3n) is 12.7. The number of Topliss-reactive ketones (excluding diaryl/α,β-unsaturated/α-hetero) is 2. The Labute approximate surface area is 492 Å². The van der Waals surface area contributed by atoms with Gasteiger partial charge in [-0.25, -0.2) is 0 Å². The number of nitrogens with zero attached hydrogens (tertiary/aromatic N) is 2. The molecule has 2 aromatic carbocycles. The predicted octanol–water partition coefficient (Wildman–Crippen LogP) is 0.645. The van der Waals surface area contributed by atoms with Gasteiger partial charge >= 0.3 is 5.97 Å². The Balaban J connectivity index is 0.000000315. The van der Waals surface area contributed by atoms with Crippen molar-refractivity contribution in [2.75, 3.05) is 139 Å². The zero-order valence-electron chi connectivity index (χ0n) is 48.6. The maximum Gasteiger partial charge on any atom is 0.306 e. The van der Waals surface area contributed by atoms with Crippen molar-refractivity contribution >= 4 is 64.8 Å². The van der Waals surface area contributed by atoms with Gasteiger partial charge in [0, 0.05) is 45.3 Å². The SMILES string of the molecule is CC(C)(C)OC(=O)CCCOCCOCCOCCOCCOCC(=O)Cc1ccc2c(c1)C(=O)N(C1CCC(=O)NC1=O)C2=O.NCCOCCOCCOCCOCCOCC(=O)Cc1ccc2c(c1)C(=O)N(C1CCC(=O)NC1=O)C2=O. The van der Waals surface area contributed by atoms with Crippen LogP contribution < -0.4 is 16.4 Å². The first-order valence-electron chi connectivity index (χ1n) is 28.3. The lowest BCUT2D eigenvalue weighted by Gasteiger charge is -2.27. The van der Waals surface area contributed by atoms with E-state index in [1.165, 1.54) is 24.3 Å². The first kappa shape index (κ1) is 69.1. The first-order valence-corrected chi connectivity index (χ1v) is 28.3. The van der Waals surface area contributed by atoms with Gasteiger partial charge in [-0.2, -0.15) is 0 Å². The van der Waals surface area contributed by atoms with Crippen molar-refractivity contribution in [3.05, 3.63) is 69.8 Å². The molecule has 4 aliphatic rings. The Kier molecular flexibility index (Phi) is 30.1. The average molecular weight is 1200 g/mol. The summed E-state index contributed by atoms with van der Waals surface area (Å²) in [6.45, 7) is 12.8. The second-order valence-electron chi connectivity index (χ2n) is 20.6. The van der Waals surface area contributed by atoms with Gasteiger partial charge in [-0.05, 0) is 75.4 Å². The van der Waals surface area contributed by atoms with Gasteiger partial charge in [-0.3, -0.25) is 73.2 Å². The van der Waals surface area contributed by atoms with Crippen LogP contribution in [0, 0.1) is 0 Å². The number of piperidine rings is 2. The van der Waals surface area contributed by atoms with E-state index in [-0.39, 0.29) is 111 Å². The van der Waals surface area contributed by atoms with Crippen molar-refractivity contribution in [1.29, 1.82) is 0 Å². The van der Waals surface area contributed by atoms with Gasteiger partial charge < -0.3 is 57.8 Å². The Morgan fingerprint density at radius 3 is 1.14 bits per heavy atom. The third kappa shape index (κ3) is 24.0. The summed E-state index contributed by atoms with van der Waals surface area (Å²) in [5, 5.41) is 4.32. The lowest BCUT2D eigenvalue weighted by Crippen LogP contribution is -2.54. The minimum Gasteiger partial charge on any atom is -0.460 e. The maximum absolute atomic E-state index is 12.9. The molecule has 4 aliphatic heterocycles. The number of amides is 8. The molecule has 4 heterocycles. The predicted molar refractivity (Wildman–Crippen MR) is 296 cm³/mol. The van der Waals surface area contributed by atoms with E-state index < -0.39 is 64.9 Å². The van der Waals surface area contributed by atoms with Crippen LogP contribution in [0.3, 0.4) is 0 Å². The molecule has 0 saturated carbocycles. The number of esters is 1. The molecule has 0 aliphatic carbocycles. The summed E-state index contributed by atoms with van der Waals surface area (Å²) in [4.78, 5) is 137. The lowest BCUT2D eigenvalue weighted by molar-refractivity contribution is -0.155. The number of rotatable bonds is 40. The molecule has 85 heavy (non-hydrogen) atoms. The highest BCUT2D eigenvalue weighted by atomic mass is 16.6. The van der Waals surface area contributed by atoms with E-state index in [1.807, 2.05) is 20.8 Å². The largest absolute Gasteiger partial charge is 0.460 e. The van der Waals surface area contributed by atoms with E-state index in [2.05, 4.69) is 10.6 Å². The number of imide groups is 4. The van der Waals surface area contributed by atoms with Crippen LogP contribution >= 0.6 is 0 Å². The smallest absolute Gasteiger partial charge is 0.306 e. The molecule has 2 atom stereocenters. The summed E-state index contributed by atoms with van der Waals surface area (Å²) in [7, 11) is 0. The van der Waals surface area contributed by atoms with E-state index in [9.17, 15) is 52.7 Å². The fourth-order valence-corrected chi connectivity index (χ4v) is 8.74. The van der Waals surface area contributed by atoms with E-state index in [0.717, 1.165) is 9.80 Å². The molecule has 2 saturated heterocycles. The highest BCUT2D eigenvalue weighted by Crippen LogP contribution is 2.30. The Bertz CT molecular complexity index is 2620. The van der Waals surface area contributed by atoms with Crippen molar-refractivity contribution in [2.45, 2.75) is 89.8 Å².